The van der Waals surface area contributed by atoms with Gasteiger partial charge in [-0.1, -0.05) is 25.5 Å². The second-order valence-corrected chi connectivity index (χ2v) is 8.94. The van der Waals surface area contributed by atoms with Crippen molar-refractivity contribution in [3.63, 3.8) is 0 Å². The van der Waals surface area contributed by atoms with E-state index in [0.717, 1.165) is 50.8 Å². The van der Waals surface area contributed by atoms with Gasteiger partial charge in [0.05, 0.1) is 8.95 Å². The van der Waals surface area contributed by atoms with Crippen molar-refractivity contribution in [2.24, 2.45) is 11.0 Å². The van der Waals surface area contributed by atoms with Crippen LogP contribution in [0.5, 0.6) is 5.75 Å². The van der Waals surface area contributed by atoms with E-state index in [-0.39, 0.29) is 5.91 Å². The average molecular weight is 508 g/mol. The first-order valence-electron chi connectivity index (χ1n) is 9.48. The number of hydrogen-bond acceptors (Lipinski definition) is 3. The van der Waals surface area contributed by atoms with Crippen LogP contribution in [-0.4, -0.2) is 11.6 Å². The monoisotopic (exact) mass is 506 g/mol. The number of carbonyl (C=O) groups excluding carboxylic acids is 1. The van der Waals surface area contributed by atoms with Crippen molar-refractivity contribution in [1.82, 2.24) is 5.43 Å². The Kier molecular flexibility index (Phi) is 7.30. The van der Waals surface area contributed by atoms with Gasteiger partial charge in [0, 0.05) is 11.3 Å². The van der Waals surface area contributed by atoms with Gasteiger partial charge < -0.3 is 4.74 Å². The van der Waals surface area contributed by atoms with Crippen LogP contribution in [0.3, 0.4) is 0 Å². The molecule has 28 heavy (non-hydrogen) atoms. The lowest BCUT2D eigenvalue weighted by Crippen LogP contribution is -2.24. The number of nitrogens with zero attached hydrogens (tertiary/aromatic N) is 1. The summed E-state index contributed by atoms with van der Waals surface area (Å²) in [5, 5.41) is 4.35. The van der Waals surface area contributed by atoms with Crippen molar-refractivity contribution in [3.05, 3.63) is 62.0 Å². The number of rotatable bonds is 5. The van der Waals surface area contributed by atoms with Gasteiger partial charge in [0.2, 0.25) is 0 Å². The van der Waals surface area contributed by atoms with Crippen molar-refractivity contribution in [2.45, 2.75) is 46.1 Å². The number of nitrogens with one attached hydrogen (secondary N) is 1. The second-order valence-electron chi connectivity index (χ2n) is 7.23. The second kappa shape index (κ2) is 9.70. The molecule has 2 aromatic carbocycles. The number of hydrogen-bond donors (Lipinski definition) is 1. The minimum Gasteiger partial charge on any atom is -0.487 e. The first-order valence-corrected chi connectivity index (χ1v) is 11.1. The third-order valence-corrected chi connectivity index (χ3v) is 6.11. The van der Waals surface area contributed by atoms with E-state index in [1.54, 1.807) is 12.1 Å². The van der Waals surface area contributed by atoms with Crippen molar-refractivity contribution < 1.29 is 9.53 Å². The van der Waals surface area contributed by atoms with Crippen LogP contribution in [0, 0.1) is 12.8 Å². The number of ether oxygens (including phenoxy) is 1. The Morgan fingerprint density at radius 3 is 2.50 bits per heavy atom. The van der Waals surface area contributed by atoms with E-state index in [9.17, 15) is 4.79 Å². The summed E-state index contributed by atoms with van der Waals surface area (Å²) in [5.41, 5.74) is 6.53. The van der Waals surface area contributed by atoms with Crippen LogP contribution in [0.15, 0.2) is 50.4 Å². The summed E-state index contributed by atoms with van der Waals surface area (Å²) in [6.07, 6.45) is 4.52. The Bertz CT molecular complexity index is 856. The lowest BCUT2D eigenvalue weighted by molar-refractivity contribution is 0.0954. The highest BCUT2D eigenvalue weighted by atomic mass is 79.9. The van der Waals surface area contributed by atoms with E-state index >= 15 is 0 Å². The molecule has 148 valence electrons. The normalized spacial score (nSPS) is 18.1. The van der Waals surface area contributed by atoms with Gasteiger partial charge in [-0.05, 0) is 99.4 Å². The maximum Gasteiger partial charge on any atom is 0.271 e. The zero-order valence-corrected chi connectivity index (χ0v) is 19.3. The number of halogens is 2. The zero-order chi connectivity index (χ0) is 20.1. The number of hydrazone groups is 1. The molecule has 1 amide bonds. The average Bonchev–Trinajstić information content (AvgIpc) is 2.67. The summed E-state index contributed by atoms with van der Waals surface area (Å²) in [4.78, 5) is 12.3. The predicted octanol–water partition coefficient (Wildman–Crippen LogP) is 6.39. The van der Waals surface area contributed by atoms with E-state index in [0.29, 0.717) is 18.1 Å². The van der Waals surface area contributed by atoms with Gasteiger partial charge in [-0.3, -0.25) is 4.79 Å². The van der Waals surface area contributed by atoms with Gasteiger partial charge in [-0.2, -0.15) is 5.10 Å². The first-order chi connectivity index (χ1) is 13.4. The Hall–Kier alpha value is -1.66. The highest BCUT2D eigenvalue weighted by molar-refractivity contribution is 9.11. The molecule has 0 heterocycles. The number of amides is 1. The van der Waals surface area contributed by atoms with Crippen LogP contribution < -0.4 is 10.2 Å². The van der Waals surface area contributed by atoms with Crippen LogP contribution >= 0.6 is 31.9 Å². The van der Waals surface area contributed by atoms with Crippen LogP contribution in [-0.2, 0) is 6.61 Å². The summed E-state index contributed by atoms with van der Waals surface area (Å²) in [5.74, 6) is 1.04. The van der Waals surface area contributed by atoms with Crippen LogP contribution in [0.25, 0.3) is 0 Å². The molecular weight excluding hydrogens is 484 g/mol. The molecule has 0 aromatic heterocycles. The largest absolute Gasteiger partial charge is 0.487 e. The molecule has 1 aliphatic carbocycles. The van der Waals surface area contributed by atoms with Crippen LogP contribution in [0.2, 0.25) is 0 Å². The lowest BCUT2D eigenvalue weighted by Gasteiger charge is -2.19. The fourth-order valence-electron chi connectivity index (χ4n) is 3.26. The summed E-state index contributed by atoms with van der Waals surface area (Å²) >= 11 is 7.07. The summed E-state index contributed by atoms with van der Waals surface area (Å²) < 4.78 is 7.75. The molecule has 0 bridgehead atoms. The molecular formula is C22H24Br2N2O2. The molecule has 0 unspecified atom stereocenters. The quantitative estimate of drug-likeness (QED) is 0.476. The van der Waals surface area contributed by atoms with Gasteiger partial charge in [-0.25, -0.2) is 5.43 Å². The highest BCUT2D eigenvalue weighted by Crippen LogP contribution is 2.35. The molecule has 2 aromatic rings. The minimum atomic E-state index is -0.179. The maximum absolute atomic E-state index is 12.3. The van der Waals surface area contributed by atoms with E-state index < -0.39 is 0 Å². The van der Waals surface area contributed by atoms with E-state index in [1.165, 1.54) is 6.42 Å². The molecule has 0 aliphatic heterocycles. The summed E-state index contributed by atoms with van der Waals surface area (Å²) in [6, 6.07) is 11.4. The van der Waals surface area contributed by atoms with Crippen LogP contribution in [0.1, 0.15) is 54.1 Å². The topological polar surface area (TPSA) is 50.7 Å². The zero-order valence-electron chi connectivity index (χ0n) is 16.1. The molecule has 1 fully saturated rings. The SMILES string of the molecule is Cc1cc(Br)c(OCc2ccc(C(=O)N/N=C3/CCCC[C@H]3C)cc2)c(Br)c1. The molecule has 0 radical (unpaired) electrons. The van der Waals surface area contributed by atoms with Crippen molar-refractivity contribution in [2.75, 3.05) is 0 Å². The van der Waals surface area contributed by atoms with Gasteiger partial charge >= 0.3 is 0 Å². The Morgan fingerprint density at radius 1 is 1.18 bits per heavy atom. The highest BCUT2D eigenvalue weighted by Gasteiger charge is 2.16. The number of carbonyl (C=O) groups is 1. The molecule has 1 N–H and O–H groups in total. The minimum absolute atomic E-state index is 0.179. The molecule has 0 spiro atoms. The third-order valence-electron chi connectivity index (χ3n) is 4.93. The number of aryl methyl sites for hydroxylation is 1. The van der Waals surface area contributed by atoms with Gasteiger partial charge in [0.15, 0.2) is 0 Å². The molecule has 4 nitrogen and oxygen atoms in total. The van der Waals surface area contributed by atoms with Gasteiger partial charge in [0.25, 0.3) is 5.91 Å². The fraction of sp³-hybridized carbons (Fsp3) is 0.364. The van der Waals surface area contributed by atoms with E-state index in [1.807, 2.05) is 31.2 Å². The standard InChI is InChI=1S/C22H24Br2N2O2/c1-14-11-18(23)21(19(24)12-14)28-13-16-7-9-17(10-8-16)22(27)26-25-20-6-4-3-5-15(20)2/h7-12,15H,3-6,13H2,1-2H3,(H,26,27)/b25-20-/t15-/m1/s1. The Labute approximate surface area is 183 Å². The molecule has 0 saturated heterocycles. The third kappa shape index (κ3) is 5.45. The van der Waals surface area contributed by atoms with E-state index in [2.05, 4.69) is 49.3 Å². The van der Waals surface area contributed by atoms with Crippen LogP contribution in [0.4, 0.5) is 0 Å². The molecule has 1 saturated carbocycles. The maximum atomic E-state index is 12.3. The predicted molar refractivity (Wildman–Crippen MR) is 120 cm³/mol. The Morgan fingerprint density at radius 2 is 1.86 bits per heavy atom. The van der Waals surface area contributed by atoms with Crippen molar-refractivity contribution >= 4 is 43.5 Å². The smallest absolute Gasteiger partial charge is 0.271 e. The lowest BCUT2D eigenvalue weighted by atomic mass is 9.89. The number of benzene rings is 2. The van der Waals surface area contributed by atoms with Gasteiger partial charge in [-0.15, -0.1) is 0 Å². The Balaban J connectivity index is 1.59. The first kappa shape index (κ1) is 21.1. The molecule has 1 atom stereocenters. The van der Waals surface area contributed by atoms with E-state index in [4.69, 9.17) is 4.74 Å². The van der Waals surface area contributed by atoms with Gasteiger partial charge in [0.1, 0.15) is 12.4 Å². The fourth-order valence-corrected chi connectivity index (χ4v) is 4.90. The molecule has 6 heteroatoms. The van der Waals surface area contributed by atoms with Crippen molar-refractivity contribution in [3.8, 4) is 5.75 Å². The molecule has 1 aliphatic rings. The summed E-state index contributed by atoms with van der Waals surface area (Å²) in [6.45, 7) is 4.62. The van der Waals surface area contributed by atoms with Crippen molar-refractivity contribution in [1.29, 1.82) is 0 Å². The summed E-state index contributed by atoms with van der Waals surface area (Å²) in [7, 11) is 0. The molecule has 3 rings (SSSR count).